The van der Waals surface area contributed by atoms with Crippen LogP contribution in [0.2, 0.25) is 5.02 Å². The molecule has 1 heterocycles. The lowest BCUT2D eigenvalue weighted by Crippen LogP contribution is -2.15. The van der Waals surface area contributed by atoms with Crippen LogP contribution >= 0.6 is 23.4 Å². The number of primary amides is 1. The number of aromatic nitrogens is 3. The van der Waals surface area contributed by atoms with Gasteiger partial charge in [0.1, 0.15) is 0 Å². The first-order chi connectivity index (χ1) is 15.9. The van der Waals surface area contributed by atoms with E-state index in [2.05, 4.69) is 15.5 Å². The Bertz CT molecular complexity index is 1300. The molecule has 4 aromatic rings. The van der Waals surface area contributed by atoms with E-state index in [0.29, 0.717) is 27.3 Å². The van der Waals surface area contributed by atoms with Crippen LogP contribution < -0.4 is 11.1 Å². The largest absolute Gasteiger partial charge is 0.366 e. The zero-order chi connectivity index (χ0) is 23.4. The van der Waals surface area contributed by atoms with Gasteiger partial charge in [-0.1, -0.05) is 53.2 Å². The van der Waals surface area contributed by atoms with Crippen molar-refractivity contribution in [3.63, 3.8) is 0 Å². The van der Waals surface area contributed by atoms with E-state index in [4.69, 9.17) is 17.3 Å². The van der Waals surface area contributed by atoms with Crippen molar-refractivity contribution >= 4 is 40.9 Å². The molecule has 2 amide bonds. The molecule has 0 saturated carbocycles. The van der Waals surface area contributed by atoms with Crippen molar-refractivity contribution in [1.29, 1.82) is 0 Å². The molecule has 1 aromatic heterocycles. The third-order valence-corrected chi connectivity index (χ3v) is 6.08. The molecular weight excluding hydrogens is 458 g/mol. The molecule has 7 nitrogen and oxygen atoms in total. The van der Waals surface area contributed by atoms with E-state index in [0.717, 1.165) is 16.8 Å². The number of anilines is 1. The molecule has 0 saturated heterocycles. The predicted molar refractivity (Wildman–Crippen MR) is 131 cm³/mol. The van der Waals surface area contributed by atoms with Crippen LogP contribution in [0.1, 0.15) is 15.9 Å². The lowest BCUT2D eigenvalue weighted by Gasteiger charge is -2.11. The normalized spacial score (nSPS) is 10.7. The van der Waals surface area contributed by atoms with Crippen LogP contribution in [0.25, 0.3) is 17.1 Å². The highest BCUT2D eigenvalue weighted by atomic mass is 35.5. The number of thioether (sulfide) groups is 1. The summed E-state index contributed by atoms with van der Waals surface area (Å²) in [4.78, 5) is 23.7. The molecular formula is C24H20ClN5O2S. The number of nitrogens with two attached hydrogens (primary N) is 1. The maximum Gasteiger partial charge on any atom is 0.248 e. The quantitative estimate of drug-likeness (QED) is 0.375. The zero-order valence-corrected chi connectivity index (χ0v) is 19.2. The molecule has 0 aliphatic carbocycles. The molecule has 0 aliphatic rings. The third kappa shape index (κ3) is 5.24. The molecule has 3 aromatic carbocycles. The summed E-state index contributed by atoms with van der Waals surface area (Å²) in [6.07, 6.45) is 0. The Morgan fingerprint density at radius 1 is 1.00 bits per heavy atom. The summed E-state index contributed by atoms with van der Waals surface area (Å²) in [7, 11) is 0. The minimum absolute atomic E-state index is 0.115. The predicted octanol–water partition coefficient (Wildman–Crippen LogP) is 4.73. The maximum atomic E-state index is 12.5. The molecule has 0 atom stereocenters. The molecule has 0 spiro atoms. The van der Waals surface area contributed by atoms with Crippen LogP contribution in [0.3, 0.4) is 0 Å². The second-order valence-electron chi connectivity index (χ2n) is 7.24. The molecule has 166 valence electrons. The van der Waals surface area contributed by atoms with Crippen LogP contribution in [0.15, 0.2) is 78.0 Å². The van der Waals surface area contributed by atoms with E-state index < -0.39 is 5.91 Å². The molecule has 0 radical (unpaired) electrons. The summed E-state index contributed by atoms with van der Waals surface area (Å²) in [6.45, 7) is 2.01. The zero-order valence-electron chi connectivity index (χ0n) is 17.7. The summed E-state index contributed by atoms with van der Waals surface area (Å²) >= 11 is 7.68. The molecule has 0 unspecified atom stereocenters. The molecule has 4 rings (SSSR count). The van der Waals surface area contributed by atoms with Crippen molar-refractivity contribution in [2.75, 3.05) is 11.1 Å². The summed E-state index contributed by atoms with van der Waals surface area (Å²) in [6, 6.07) is 21.8. The summed E-state index contributed by atoms with van der Waals surface area (Å²) in [5.41, 5.74) is 8.94. The Hall–Kier alpha value is -3.62. The Balaban J connectivity index is 1.57. The average Bonchev–Trinajstić information content (AvgIpc) is 3.22. The highest BCUT2D eigenvalue weighted by molar-refractivity contribution is 7.99. The van der Waals surface area contributed by atoms with Gasteiger partial charge in [-0.25, -0.2) is 0 Å². The highest BCUT2D eigenvalue weighted by Crippen LogP contribution is 2.32. The number of aryl methyl sites for hydroxylation is 1. The Morgan fingerprint density at radius 3 is 2.36 bits per heavy atom. The minimum Gasteiger partial charge on any atom is -0.366 e. The Labute approximate surface area is 200 Å². The first kappa shape index (κ1) is 22.6. The van der Waals surface area contributed by atoms with E-state index in [-0.39, 0.29) is 11.7 Å². The van der Waals surface area contributed by atoms with Gasteiger partial charge in [-0.3, -0.25) is 14.2 Å². The van der Waals surface area contributed by atoms with Crippen molar-refractivity contribution in [2.45, 2.75) is 12.1 Å². The maximum absolute atomic E-state index is 12.5. The van der Waals surface area contributed by atoms with Crippen molar-refractivity contribution in [3.05, 3.63) is 88.9 Å². The lowest BCUT2D eigenvalue weighted by atomic mass is 10.2. The SMILES string of the molecule is Cc1ccc(-n2c(SCC(=O)Nc3ccc(C(N)=O)cc3)nnc2-c2ccccc2Cl)cc1. The molecule has 0 bridgehead atoms. The van der Waals surface area contributed by atoms with Crippen molar-refractivity contribution in [1.82, 2.24) is 14.8 Å². The monoisotopic (exact) mass is 477 g/mol. The lowest BCUT2D eigenvalue weighted by molar-refractivity contribution is -0.113. The standard InChI is InChI=1S/C24H20ClN5O2S/c1-15-6-12-18(13-7-15)30-23(19-4-2-3-5-20(19)25)28-29-24(30)33-14-21(31)27-17-10-8-16(9-11-17)22(26)32/h2-13H,14H2,1H3,(H2,26,32)(H,27,31). The number of nitrogens with one attached hydrogen (secondary N) is 1. The first-order valence-corrected chi connectivity index (χ1v) is 11.4. The number of carbonyl (C=O) groups is 2. The van der Waals surface area contributed by atoms with E-state index in [1.165, 1.54) is 11.8 Å². The molecule has 9 heteroatoms. The van der Waals surface area contributed by atoms with Gasteiger partial charge in [0.05, 0.1) is 10.8 Å². The van der Waals surface area contributed by atoms with Gasteiger partial charge in [0.2, 0.25) is 11.8 Å². The topological polar surface area (TPSA) is 103 Å². The summed E-state index contributed by atoms with van der Waals surface area (Å²) in [5, 5.41) is 12.6. The number of nitrogens with zero attached hydrogens (tertiary/aromatic N) is 3. The fraction of sp³-hybridized carbons (Fsp3) is 0.0833. The molecule has 33 heavy (non-hydrogen) atoms. The van der Waals surface area contributed by atoms with Gasteiger partial charge in [-0.05, 0) is 55.5 Å². The van der Waals surface area contributed by atoms with Crippen LogP contribution in [-0.2, 0) is 4.79 Å². The second-order valence-corrected chi connectivity index (χ2v) is 8.59. The van der Waals surface area contributed by atoms with E-state index in [1.54, 1.807) is 30.3 Å². The molecule has 0 fully saturated rings. The number of halogens is 1. The van der Waals surface area contributed by atoms with E-state index in [9.17, 15) is 9.59 Å². The smallest absolute Gasteiger partial charge is 0.248 e. The second kappa shape index (κ2) is 9.89. The fourth-order valence-electron chi connectivity index (χ4n) is 3.15. The number of carbonyl (C=O) groups excluding carboxylic acids is 2. The average molecular weight is 478 g/mol. The Kier molecular flexibility index (Phi) is 6.76. The van der Waals surface area contributed by atoms with Crippen LogP contribution in [0.4, 0.5) is 5.69 Å². The van der Waals surface area contributed by atoms with Crippen molar-refractivity contribution in [2.24, 2.45) is 5.73 Å². The van der Waals surface area contributed by atoms with E-state index in [1.807, 2.05) is 54.0 Å². The Morgan fingerprint density at radius 2 is 1.70 bits per heavy atom. The van der Waals surface area contributed by atoms with Gasteiger partial charge in [-0.15, -0.1) is 10.2 Å². The number of rotatable bonds is 7. The number of hydrogen-bond donors (Lipinski definition) is 2. The first-order valence-electron chi connectivity index (χ1n) is 10.0. The van der Waals surface area contributed by atoms with Gasteiger partial charge in [0.25, 0.3) is 0 Å². The van der Waals surface area contributed by atoms with Gasteiger partial charge >= 0.3 is 0 Å². The molecule has 3 N–H and O–H groups in total. The van der Waals surface area contributed by atoms with Crippen molar-refractivity contribution < 1.29 is 9.59 Å². The minimum atomic E-state index is -0.520. The van der Waals surface area contributed by atoms with E-state index >= 15 is 0 Å². The van der Waals surface area contributed by atoms with Crippen LogP contribution in [-0.4, -0.2) is 32.3 Å². The number of amides is 2. The van der Waals surface area contributed by atoms with Gasteiger partial charge < -0.3 is 11.1 Å². The fourth-order valence-corrected chi connectivity index (χ4v) is 4.12. The van der Waals surface area contributed by atoms with Gasteiger partial charge in [0.15, 0.2) is 11.0 Å². The molecule has 0 aliphatic heterocycles. The van der Waals surface area contributed by atoms with Crippen LogP contribution in [0, 0.1) is 6.92 Å². The van der Waals surface area contributed by atoms with Crippen LogP contribution in [0.5, 0.6) is 0 Å². The summed E-state index contributed by atoms with van der Waals surface area (Å²) in [5.74, 6) is -0.0310. The third-order valence-electron chi connectivity index (χ3n) is 4.83. The van der Waals surface area contributed by atoms with Gasteiger partial charge in [0, 0.05) is 22.5 Å². The van der Waals surface area contributed by atoms with Gasteiger partial charge in [-0.2, -0.15) is 0 Å². The summed E-state index contributed by atoms with van der Waals surface area (Å²) < 4.78 is 1.89. The van der Waals surface area contributed by atoms with Crippen molar-refractivity contribution in [3.8, 4) is 17.1 Å². The number of benzene rings is 3. The number of hydrogen-bond acceptors (Lipinski definition) is 5. The highest BCUT2D eigenvalue weighted by Gasteiger charge is 2.19.